The van der Waals surface area contributed by atoms with Crippen LogP contribution < -0.4 is 10.1 Å². The summed E-state index contributed by atoms with van der Waals surface area (Å²) < 4.78 is 5.82. The molecule has 1 aromatic carbocycles. The normalized spacial score (nSPS) is 10.5. The van der Waals surface area contributed by atoms with Crippen LogP contribution in [0.3, 0.4) is 0 Å². The maximum Gasteiger partial charge on any atom is 0.147 e. The van der Waals surface area contributed by atoms with Crippen LogP contribution in [0.1, 0.15) is 12.5 Å². The van der Waals surface area contributed by atoms with Crippen molar-refractivity contribution in [1.82, 2.24) is 10.3 Å². The summed E-state index contributed by atoms with van der Waals surface area (Å²) >= 11 is 12.0. The summed E-state index contributed by atoms with van der Waals surface area (Å²) in [6.45, 7) is 3.62. The molecule has 2 aromatic rings. The second-order valence-corrected chi connectivity index (χ2v) is 4.78. The Morgan fingerprint density at radius 3 is 2.84 bits per heavy atom. The maximum absolute atomic E-state index is 6.09. The van der Waals surface area contributed by atoms with Crippen LogP contribution in [0.25, 0.3) is 0 Å². The van der Waals surface area contributed by atoms with Crippen LogP contribution in [0.4, 0.5) is 0 Å². The first-order valence-electron chi connectivity index (χ1n) is 5.97. The first kappa shape index (κ1) is 14.1. The van der Waals surface area contributed by atoms with Gasteiger partial charge in [0.05, 0.1) is 5.02 Å². The summed E-state index contributed by atoms with van der Waals surface area (Å²) in [6, 6.07) is 6.94. The molecule has 19 heavy (non-hydrogen) atoms. The largest absolute Gasteiger partial charge is 0.455 e. The molecule has 5 heteroatoms. The van der Waals surface area contributed by atoms with Crippen LogP contribution in [0.5, 0.6) is 11.5 Å². The smallest absolute Gasteiger partial charge is 0.147 e. The molecule has 1 heterocycles. The molecule has 0 aliphatic rings. The average molecular weight is 297 g/mol. The Bertz CT molecular complexity index is 561. The molecule has 0 saturated heterocycles. The zero-order valence-electron chi connectivity index (χ0n) is 10.5. The Kier molecular flexibility index (Phi) is 5.02. The van der Waals surface area contributed by atoms with E-state index in [4.69, 9.17) is 27.9 Å². The molecule has 1 aromatic heterocycles. The number of pyridine rings is 1. The molecule has 0 aliphatic carbocycles. The zero-order valence-corrected chi connectivity index (χ0v) is 12.0. The molecule has 2 rings (SSSR count). The number of nitrogens with zero attached hydrogens (tertiary/aromatic N) is 1. The van der Waals surface area contributed by atoms with E-state index in [2.05, 4.69) is 10.3 Å². The number of hydrogen-bond donors (Lipinski definition) is 1. The molecule has 0 amide bonds. The van der Waals surface area contributed by atoms with Gasteiger partial charge in [0.2, 0.25) is 0 Å². The summed E-state index contributed by atoms with van der Waals surface area (Å²) in [5, 5.41) is 4.35. The average Bonchev–Trinajstić information content (AvgIpc) is 2.42. The minimum absolute atomic E-state index is 0.524. The highest BCUT2D eigenvalue weighted by atomic mass is 35.5. The highest BCUT2D eigenvalue weighted by Gasteiger charge is 2.08. The van der Waals surface area contributed by atoms with Crippen molar-refractivity contribution in [3.05, 3.63) is 52.3 Å². The van der Waals surface area contributed by atoms with E-state index in [0.717, 1.165) is 17.9 Å². The minimum Gasteiger partial charge on any atom is -0.455 e. The first-order valence-corrected chi connectivity index (χ1v) is 6.73. The number of aromatic nitrogens is 1. The van der Waals surface area contributed by atoms with Gasteiger partial charge < -0.3 is 10.1 Å². The van der Waals surface area contributed by atoms with Crippen LogP contribution >= 0.6 is 23.2 Å². The van der Waals surface area contributed by atoms with Gasteiger partial charge >= 0.3 is 0 Å². The standard InChI is InChI=1S/C14H14Cl2N2O/c1-2-17-8-10-9-18-6-5-13(10)19-14-7-11(15)3-4-12(14)16/h3-7,9,17H,2,8H2,1H3. The predicted molar refractivity (Wildman–Crippen MR) is 78.2 cm³/mol. The van der Waals surface area contributed by atoms with Crippen molar-refractivity contribution < 1.29 is 4.74 Å². The number of hydrogen-bond acceptors (Lipinski definition) is 3. The summed E-state index contributed by atoms with van der Waals surface area (Å²) in [5.74, 6) is 1.26. The second-order valence-electron chi connectivity index (χ2n) is 3.94. The molecule has 3 nitrogen and oxygen atoms in total. The third-order valence-electron chi connectivity index (χ3n) is 2.54. The van der Waals surface area contributed by atoms with E-state index in [0.29, 0.717) is 22.3 Å². The second kappa shape index (κ2) is 6.75. The van der Waals surface area contributed by atoms with Crippen LogP contribution in [0.15, 0.2) is 36.7 Å². The van der Waals surface area contributed by atoms with E-state index < -0.39 is 0 Å². The summed E-state index contributed by atoms with van der Waals surface area (Å²) in [4.78, 5) is 4.10. The fourth-order valence-electron chi connectivity index (χ4n) is 1.58. The number of rotatable bonds is 5. The molecular formula is C14H14Cl2N2O. The molecular weight excluding hydrogens is 283 g/mol. The molecule has 0 aliphatic heterocycles. The Morgan fingerprint density at radius 1 is 1.21 bits per heavy atom. The van der Waals surface area contributed by atoms with Gasteiger partial charge in [-0.15, -0.1) is 0 Å². The fraction of sp³-hybridized carbons (Fsp3) is 0.214. The van der Waals surface area contributed by atoms with Gasteiger partial charge in [-0.05, 0) is 24.7 Å². The van der Waals surface area contributed by atoms with Crippen LogP contribution in [0, 0.1) is 0 Å². The third kappa shape index (κ3) is 3.83. The number of benzene rings is 1. The molecule has 0 saturated carbocycles. The van der Waals surface area contributed by atoms with Crippen molar-refractivity contribution in [2.45, 2.75) is 13.5 Å². The van der Waals surface area contributed by atoms with Gasteiger partial charge in [-0.25, -0.2) is 0 Å². The summed E-state index contributed by atoms with van der Waals surface area (Å²) in [7, 11) is 0. The van der Waals surface area contributed by atoms with E-state index in [1.807, 2.05) is 13.0 Å². The molecule has 0 bridgehead atoms. The third-order valence-corrected chi connectivity index (χ3v) is 3.08. The van der Waals surface area contributed by atoms with Gasteiger partial charge in [0.1, 0.15) is 11.5 Å². The van der Waals surface area contributed by atoms with Gasteiger partial charge in [0.15, 0.2) is 0 Å². The van der Waals surface area contributed by atoms with Crippen molar-refractivity contribution in [3.63, 3.8) is 0 Å². The van der Waals surface area contributed by atoms with Gasteiger partial charge in [0, 0.05) is 35.6 Å². The van der Waals surface area contributed by atoms with Crippen LogP contribution in [-0.2, 0) is 6.54 Å². The van der Waals surface area contributed by atoms with Gasteiger partial charge in [-0.3, -0.25) is 4.98 Å². The van der Waals surface area contributed by atoms with Crippen molar-refractivity contribution in [1.29, 1.82) is 0 Å². The monoisotopic (exact) mass is 296 g/mol. The van der Waals surface area contributed by atoms with E-state index in [1.54, 1.807) is 30.6 Å². The van der Waals surface area contributed by atoms with Crippen molar-refractivity contribution in [2.75, 3.05) is 6.54 Å². The van der Waals surface area contributed by atoms with Crippen molar-refractivity contribution >= 4 is 23.2 Å². The Labute approximate surface area is 122 Å². The minimum atomic E-state index is 0.524. The highest BCUT2D eigenvalue weighted by Crippen LogP contribution is 2.33. The Hall–Kier alpha value is -1.29. The van der Waals surface area contributed by atoms with Gasteiger partial charge in [-0.1, -0.05) is 30.1 Å². The lowest BCUT2D eigenvalue weighted by Crippen LogP contribution is -2.12. The SMILES string of the molecule is CCNCc1cnccc1Oc1cc(Cl)ccc1Cl. The van der Waals surface area contributed by atoms with E-state index in [1.165, 1.54) is 0 Å². The van der Waals surface area contributed by atoms with E-state index >= 15 is 0 Å². The van der Waals surface area contributed by atoms with E-state index in [9.17, 15) is 0 Å². The fourth-order valence-corrected chi connectivity index (χ4v) is 1.90. The molecule has 1 N–H and O–H groups in total. The van der Waals surface area contributed by atoms with Gasteiger partial charge in [-0.2, -0.15) is 0 Å². The number of halogens is 2. The Morgan fingerprint density at radius 2 is 2.05 bits per heavy atom. The lowest BCUT2D eigenvalue weighted by atomic mass is 10.2. The molecule has 0 spiro atoms. The van der Waals surface area contributed by atoms with E-state index in [-0.39, 0.29) is 0 Å². The van der Waals surface area contributed by atoms with Gasteiger partial charge in [0.25, 0.3) is 0 Å². The van der Waals surface area contributed by atoms with Crippen molar-refractivity contribution in [3.8, 4) is 11.5 Å². The summed E-state index contributed by atoms with van der Waals surface area (Å²) in [6.07, 6.45) is 3.46. The maximum atomic E-state index is 6.09. The topological polar surface area (TPSA) is 34.2 Å². The predicted octanol–water partition coefficient (Wildman–Crippen LogP) is 4.29. The molecule has 100 valence electrons. The molecule has 0 radical (unpaired) electrons. The van der Waals surface area contributed by atoms with Crippen molar-refractivity contribution in [2.24, 2.45) is 0 Å². The lowest BCUT2D eigenvalue weighted by molar-refractivity contribution is 0.472. The molecule has 0 unspecified atom stereocenters. The molecule has 0 fully saturated rings. The van der Waals surface area contributed by atoms with Crippen LogP contribution in [-0.4, -0.2) is 11.5 Å². The quantitative estimate of drug-likeness (QED) is 0.894. The first-order chi connectivity index (χ1) is 9.20. The highest BCUT2D eigenvalue weighted by molar-refractivity contribution is 6.34. The zero-order chi connectivity index (χ0) is 13.7. The number of nitrogens with one attached hydrogen (secondary N) is 1. The summed E-state index contributed by atoms with van der Waals surface area (Å²) in [5.41, 5.74) is 0.973. The van der Waals surface area contributed by atoms with Crippen LogP contribution in [0.2, 0.25) is 10.0 Å². The number of ether oxygens (including phenoxy) is 1. The lowest BCUT2D eigenvalue weighted by Gasteiger charge is -2.12. The molecule has 0 atom stereocenters. The Balaban J connectivity index is 2.25.